The third kappa shape index (κ3) is 3.80. The summed E-state index contributed by atoms with van der Waals surface area (Å²) in [7, 11) is 0. The highest BCUT2D eigenvalue weighted by atomic mass is 19.1. The minimum atomic E-state index is -0.320. The van der Waals surface area contributed by atoms with Crippen LogP contribution in [0.5, 0.6) is 0 Å². The molecule has 0 unspecified atom stereocenters. The van der Waals surface area contributed by atoms with Gasteiger partial charge in [0.15, 0.2) is 0 Å². The molecule has 0 saturated carbocycles. The number of benzene rings is 2. The second-order valence-electron chi connectivity index (χ2n) is 4.92. The van der Waals surface area contributed by atoms with Crippen LogP contribution in [-0.2, 0) is 13.1 Å². The smallest absolute Gasteiger partial charge is 0.123 e. The van der Waals surface area contributed by atoms with Crippen LogP contribution >= 0.6 is 0 Å². The first kappa shape index (κ1) is 15.0. The first-order chi connectivity index (χ1) is 10.1. The number of nitrogen functional groups attached to an aromatic ring is 1. The predicted octanol–water partition coefficient (Wildman–Crippen LogP) is 3.30. The van der Waals surface area contributed by atoms with Gasteiger partial charge in [-0.2, -0.15) is 5.26 Å². The van der Waals surface area contributed by atoms with Gasteiger partial charge in [-0.15, -0.1) is 0 Å². The third-order valence-corrected chi connectivity index (χ3v) is 3.48. The highest BCUT2D eigenvalue weighted by Crippen LogP contribution is 2.17. The molecule has 0 atom stereocenters. The van der Waals surface area contributed by atoms with Crippen molar-refractivity contribution in [2.24, 2.45) is 0 Å². The van der Waals surface area contributed by atoms with E-state index in [1.807, 2.05) is 31.2 Å². The van der Waals surface area contributed by atoms with E-state index < -0.39 is 0 Å². The highest BCUT2D eigenvalue weighted by Gasteiger charge is 2.10. The fraction of sp³-hybridized carbons (Fsp3) is 0.235. The van der Waals surface area contributed by atoms with Crippen LogP contribution in [0.25, 0.3) is 0 Å². The zero-order valence-corrected chi connectivity index (χ0v) is 12.0. The first-order valence-electron chi connectivity index (χ1n) is 6.88. The van der Waals surface area contributed by atoms with Crippen LogP contribution in [0, 0.1) is 17.1 Å². The Labute approximate surface area is 124 Å². The van der Waals surface area contributed by atoms with Gasteiger partial charge in [0.2, 0.25) is 0 Å². The molecule has 0 heterocycles. The molecule has 0 aliphatic carbocycles. The monoisotopic (exact) mass is 283 g/mol. The van der Waals surface area contributed by atoms with Crippen LogP contribution in [0.3, 0.4) is 0 Å². The van der Waals surface area contributed by atoms with Gasteiger partial charge in [0.1, 0.15) is 5.82 Å². The summed E-state index contributed by atoms with van der Waals surface area (Å²) in [6.07, 6.45) is 0. The lowest BCUT2D eigenvalue weighted by Crippen LogP contribution is -2.23. The molecular formula is C17H18FN3. The average molecular weight is 283 g/mol. The van der Waals surface area contributed by atoms with E-state index in [9.17, 15) is 4.39 Å². The lowest BCUT2D eigenvalue weighted by Gasteiger charge is -2.22. The molecule has 0 saturated heterocycles. The van der Waals surface area contributed by atoms with Gasteiger partial charge in [0, 0.05) is 18.8 Å². The van der Waals surface area contributed by atoms with Crippen molar-refractivity contribution in [3.8, 4) is 6.07 Å². The fourth-order valence-electron chi connectivity index (χ4n) is 2.24. The van der Waals surface area contributed by atoms with E-state index in [-0.39, 0.29) is 5.82 Å². The zero-order chi connectivity index (χ0) is 15.2. The second-order valence-corrected chi connectivity index (χ2v) is 4.92. The molecular weight excluding hydrogens is 265 g/mol. The average Bonchev–Trinajstić information content (AvgIpc) is 2.49. The SMILES string of the molecule is CCN(Cc1ccccc1N)Cc1cc(F)ccc1C#N. The summed E-state index contributed by atoms with van der Waals surface area (Å²) in [5, 5.41) is 9.12. The Kier molecular flexibility index (Phi) is 4.91. The summed E-state index contributed by atoms with van der Waals surface area (Å²) in [5.74, 6) is -0.320. The van der Waals surface area contributed by atoms with E-state index in [0.29, 0.717) is 24.2 Å². The maximum absolute atomic E-state index is 13.4. The van der Waals surface area contributed by atoms with Crippen molar-refractivity contribution in [1.82, 2.24) is 4.90 Å². The van der Waals surface area contributed by atoms with Crippen LogP contribution < -0.4 is 5.73 Å². The minimum absolute atomic E-state index is 0.320. The van der Waals surface area contributed by atoms with Gasteiger partial charge in [-0.3, -0.25) is 4.90 Å². The van der Waals surface area contributed by atoms with E-state index in [1.165, 1.54) is 18.2 Å². The Balaban J connectivity index is 2.19. The normalized spacial score (nSPS) is 10.6. The quantitative estimate of drug-likeness (QED) is 0.857. The van der Waals surface area contributed by atoms with Crippen molar-refractivity contribution >= 4 is 5.69 Å². The molecule has 108 valence electrons. The van der Waals surface area contributed by atoms with Gasteiger partial charge < -0.3 is 5.73 Å². The molecule has 0 aliphatic rings. The molecule has 0 aliphatic heterocycles. The Morgan fingerprint density at radius 1 is 1.14 bits per heavy atom. The largest absolute Gasteiger partial charge is 0.398 e. The molecule has 0 bridgehead atoms. The minimum Gasteiger partial charge on any atom is -0.398 e. The Morgan fingerprint density at radius 3 is 2.52 bits per heavy atom. The van der Waals surface area contributed by atoms with Crippen molar-refractivity contribution < 1.29 is 4.39 Å². The van der Waals surface area contributed by atoms with E-state index >= 15 is 0 Å². The molecule has 0 fully saturated rings. The van der Waals surface area contributed by atoms with Crippen molar-refractivity contribution in [2.45, 2.75) is 20.0 Å². The predicted molar refractivity (Wildman–Crippen MR) is 81.8 cm³/mol. The van der Waals surface area contributed by atoms with E-state index in [4.69, 9.17) is 11.0 Å². The van der Waals surface area contributed by atoms with Crippen LogP contribution in [-0.4, -0.2) is 11.4 Å². The molecule has 2 N–H and O–H groups in total. The maximum atomic E-state index is 13.4. The summed E-state index contributed by atoms with van der Waals surface area (Å²) >= 11 is 0. The Hall–Kier alpha value is -2.38. The Morgan fingerprint density at radius 2 is 1.86 bits per heavy atom. The van der Waals surface area contributed by atoms with Gasteiger partial charge in [-0.05, 0) is 41.9 Å². The van der Waals surface area contributed by atoms with Crippen molar-refractivity contribution in [3.05, 3.63) is 65.0 Å². The van der Waals surface area contributed by atoms with Crippen LogP contribution in [0.4, 0.5) is 10.1 Å². The van der Waals surface area contributed by atoms with Gasteiger partial charge in [0.05, 0.1) is 11.6 Å². The lowest BCUT2D eigenvalue weighted by atomic mass is 10.1. The van der Waals surface area contributed by atoms with Gasteiger partial charge in [-0.1, -0.05) is 25.1 Å². The van der Waals surface area contributed by atoms with E-state index in [0.717, 1.165) is 17.8 Å². The Bertz CT molecular complexity index is 661. The van der Waals surface area contributed by atoms with Gasteiger partial charge in [-0.25, -0.2) is 4.39 Å². The first-order valence-corrected chi connectivity index (χ1v) is 6.88. The zero-order valence-electron chi connectivity index (χ0n) is 12.0. The van der Waals surface area contributed by atoms with Crippen molar-refractivity contribution in [3.63, 3.8) is 0 Å². The molecule has 2 aromatic rings. The molecule has 0 aromatic heterocycles. The molecule has 4 heteroatoms. The number of hydrogen-bond donors (Lipinski definition) is 1. The highest BCUT2D eigenvalue weighted by molar-refractivity contribution is 5.46. The molecule has 0 spiro atoms. The topological polar surface area (TPSA) is 53.0 Å². The number of anilines is 1. The van der Waals surface area contributed by atoms with E-state index in [1.54, 1.807) is 0 Å². The summed E-state index contributed by atoms with van der Waals surface area (Å²) in [6, 6.07) is 14.1. The number of nitriles is 1. The molecule has 0 amide bonds. The number of halogens is 1. The number of rotatable bonds is 5. The van der Waals surface area contributed by atoms with Crippen LogP contribution in [0.15, 0.2) is 42.5 Å². The third-order valence-electron chi connectivity index (χ3n) is 3.48. The maximum Gasteiger partial charge on any atom is 0.123 e. The lowest BCUT2D eigenvalue weighted by molar-refractivity contribution is 0.271. The van der Waals surface area contributed by atoms with Gasteiger partial charge in [0.25, 0.3) is 0 Å². The number of nitrogens with two attached hydrogens (primary N) is 1. The summed E-state index contributed by atoms with van der Waals surface area (Å²) < 4.78 is 13.4. The number of hydrogen-bond acceptors (Lipinski definition) is 3. The molecule has 2 aromatic carbocycles. The van der Waals surface area contributed by atoms with Crippen LogP contribution in [0.1, 0.15) is 23.6 Å². The molecule has 3 nitrogen and oxygen atoms in total. The second kappa shape index (κ2) is 6.87. The number of para-hydroxylation sites is 1. The summed E-state index contributed by atoms with van der Waals surface area (Å²) in [6.45, 7) is 4.01. The summed E-state index contributed by atoms with van der Waals surface area (Å²) in [4.78, 5) is 2.13. The molecule has 21 heavy (non-hydrogen) atoms. The summed E-state index contributed by atoms with van der Waals surface area (Å²) in [5.41, 5.74) is 8.95. The van der Waals surface area contributed by atoms with Crippen LogP contribution in [0.2, 0.25) is 0 Å². The molecule has 0 radical (unpaired) electrons. The fourth-order valence-corrected chi connectivity index (χ4v) is 2.24. The van der Waals surface area contributed by atoms with Crippen molar-refractivity contribution in [2.75, 3.05) is 12.3 Å². The standard InChI is InChI=1S/C17H18FN3/c1-2-21(11-14-5-3-4-6-17(14)20)12-15-9-16(18)8-7-13(15)10-19/h3-9H,2,11-12,20H2,1H3. The van der Waals surface area contributed by atoms with Crippen molar-refractivity contribution in [1.29, 1.82) is 5.26 Å². The van der Waals surface area contributed by atoms with Gasteiger partial charge >= 0.3 is 0 Å². The number of nitrogens with zero attached hydrogens (tertiary/aromatic N) is 2. The van der Waals surface area contributed by atoms with E-state index in [2.05, 4.69) is 11.0 Å². The molecule has 2 rings (SSSR count).